The van der Waals surface area contributed by atoms with Crippen molar-refractivity contribution in [2.75, 3.05) is 17.3 Å². The second kappa shape index (κ2) is 6.27. The van der Waals surface area contributed by atoms with E-state index in [4.69, 9.17) is 5.73 Å². The molecule has 1 heterocycles. The second-order valence-electron chi connectivity index (χ2n) is 5.12. The van der Waals surface area contributed by atoms with Crippen molar-refractivity contribution in [2.45, 2.75) is 50.2 Å². The Morgan fingerprint density at radius 2 is 2.11 bits per heavy atom. The lowest BCUT2D eigenvalue weighted by molar-refractivity contribution is 0.501. The van der Waals surface area contributed by atoms with Gasteiger partial charge in [-0.1, -0.05) is 31.5 Å². The van der Waals surface area contributed by atoms with Crippen LogP contribution in [0.4, 0.5) is 11.6 Å². The van der Waals surface area contributed by atoms with Crippen molar-refractivity contribution in [2.24, 2.45) is 5.92 Å². The van der Waals surface area contributed by atoms with Gasteiger partial charge < -0.3 is 11.1 Å². The Labute approximate surface area is 113 Å². The van der Waals surface area contributed by atoms with E-state index in [2.05, 4.69) is 22.2 Å². The van der Waals surface area contributed by atoms with Gasteiger partial charge in [-0.25, -0.2) is 9.97 Å². The lowest BCUT2D eigenvalue weighted by Gasteiger charge is -2.17. The minimum Gasteiger partial charge on any atom is -0.383 e. The number of nitrogen functional groups attached to an aromatic ring is 1. The molecule has 5 heteroatoms. The smallest absolute Gasteiger partial charge is 0.191 e. The Bertz CT molecular complexity index is 397. The zero-order chi connectivity index (χ0) is 13.0. The lowest BCUT2D eigenvalue weighted by atomic mass is 10.0. The highest BCUT2D eigenvalue weighted by atomic mass is 32.2. The molecule has 1 aromatic rings. The molecule has 2 unspecified atom stereocenters. The van der Waals surface area contributed by atoms with Gasteiger partial charge in [0.1, 0.15) is 11.6 Å². The summed E-state index contributed by atoms with van der Waals surface area (Å²) in [6, 6.07) is 2.35. The van der Waals surface area contributed by atoms with Crippen molar-refractivity contribution in [3.63, 3.8) is 0 Å². The highest BCUT2D eigenvalue weighted by Crippen LogP contribution is 2.25. The molecule has 0 saturated heterocycles. The Balaban J connectivity index is 2.01. The number of anilines is 2. The summed E-state index contributed by atoms with van der Waals surface area (Å²) in [7, 11) is 0. The molecule has 0 bridgehead atoms. The lowest BCUT2D eigenvalue weighted by Crippen LogP contribution is -2.19. The maximum atomic E-state index is 5.79. The van der Waals surface area contributed by atoms with E-state index in [1.165, 1.54) is 43.9 Å². The minimum absolute atomic E-state index is 0.527. The predicted molar refractivity (Wildman–Crippen MR) is 77.9 cm³/mol. The summed E-state index contributed by atoms with van der Waals surface area (Å²) in [5.41, 5.74) is 5.79. The van der Waals surface area contributed by atoms with Gasteiger partial charge in [-0.05, 0) is 31.4 Å². The third-order valence-corrected chi connectivity index (χ3v) is 4.07. The fraction of sp³-hybridized carbons (Fsp3) is 0.692. The maximum Gasteiger partial charge on any atom is 0.191 e. The standard InChI is InChI=1S/C13H22N4S/c1-9-4-3-5-10(7-6-9)15-12-8-11(14)16-13(17-12)18-2/h8-10H,3-7H2,1-2H3,(H3,14,15,16,17). The van der Waals surface area contributed by atoms with Gasteiger partial charge in [-0.2, -0.15) is 0 Å². The summed E-state index contributed by atoms with van der Waals surface area (Å²) in [6.07, 6.45) is 8.36. The molecule has 2 rings (SSSR count). The average Bonchev–Trinajstić information content (AvgIpc) is 2.54. The van der Waals surface area contributed by atoms with E-state index in [0.717, 1.165) is 16.9 Å². The number of hydrogen-bond acceptors (Lipinski definition) is 5. The fourth-order valence-corrected chi connectivity index (χ4v) is 2.84. The normalized spacial score (nSPS) is 24.6. The number of hydrogen-bond donors (Lipinski definition) is 2. The zero-order valence-corrected chi connectivity index (χ0v) is 12.0. The topological polar surface area (TPSA) is 63.8 Å². The first-order valence-corrected chi connectivity index (χ1v) is 7.85. The van der Waals surface area contributed by atoms with Crippen LogP contribution < -0.4 is 11.1 Å². The van der Waals surface area contributed by atoms with Crippen LogP contribution in [0.3, 0.4) is 0 Å². The molecule has 100 valence electrons. The molecule has 3 N–H and O–H groups in total. The Morgan fingerprint density at radius 3 is 2.89 bits per heavy atom. The number of rotatable bonds is 3. The first-order chi connectivity index (χ1) is 8.67. The van der Waals surface area contributed by atoms with E-state index in [9.17, 15) is 0 Å². The summed E-state index contributed by atoms with van der Waals surface area (Å²) in [6.45, 7) is 2.34. The molecule has 2 atom stereocenters. The summed E-state index contributed by atoms with van der Waals surface area (Å²) in [5, 5.41) is 4.25. The van der Waals surface area contributed by atoms with Gasteiger partial charge in [0.2, 0.25) is 0 Å². The van der Waals surface area contributed by atoms with E-state index < -0.39 is 0 Å². The van der Waals surface area contributed by atoms with Crippen molar-refractivity contribution < 1.29 is 0 Å². The first kappa shape index (κ1) is 13.5. The van der Waals surface area contributed by atoms with E-state index in [0.29, 0.717) is 11.9 Å². The molecule has 0 amide bonds. The summed E-state index contributed by atoms with van der Waals surface area (Å²) in [4.78, 5) is 8.62. The molecule has 1 aliphatic rings. The van der Waals surface area contributed by atoms with Crippen molar-refractivity contribution in [3.05, 3.63) is 6.07 Å². The number of nitrogens with zero attached hydrogens (tertiary/aromatic N) is 2. The molecular formula is C13H22N4S. The van der Waals surface area contributed by atoms with Crippen LogP contribution in [0.15, 0.2) is 11.2 Å². The Hall–Kier alpha value is -0.970. The van der Waals surface area contributed by atoms with Gasteiger partial charge >= 0.3 is 0 Å². The van der Waals surface area contributed by atoms with Crippen LogP contribution in [0.1, 0.15) is 39.0 Å². The van der Waals surface area contributed by atoms with Crippen LogP contribution >= 0.6 is 11.8 Å². The third kappa shape index (κ3) is 3.77. The molecule has 1 fully saturated rings. The van der Waals surface area contributed by atoms with Crippen molar-refractivity contribution in [1.82, 2.24) is 9.97 Å². The maximum absolute atomic E-state index is 5.79. The molecule has 18 heavy (non-hydrogen) atoms. The van der Waals surface area contributed by atoms with Gasteiger partial charge in [0.15, 0.2) is 5.16 Å². The van der Waals surface area contributed by atoms with Crippen molar-refractivity contribution in [1.29, 1.82) is 0 Å². The predicted octanol–water partition coefficient (Wildman–Crippen LogP) is 3.16. The van der Waals surface area contributed by atoms with Crippen LogP contribution in [0.2, 0.25) is 0 Å². The Morgan fingerprint density at radius 1 is 1.28 bits per heavy atom. The minimum atomic E-state index is 0.527. The summed E-state index contributed by atoms with van der Waals surface area (Å²) < 4.78 is 0. The average molecular weight is 266 g/mol. The molecule has 0 aromatic carbocycles. The number of thioether (sulfide) groups is 1. The Kier molecular flexibility index (Phi) is 4.69. The van der Waals surface area contributed by atoms with Crippen LogP contribution in [-0.2, 0) is 0 Å². The van der Waals surface area contributed by atoms with E-state index >= 15 is 0 Å². The van der Waals surface area contributed by atoms with Crippen LogP contribution in [0.25, 0.3) is 0 Å². The highest BCUT2D eigenvalue weighted by molar-refractivity contribution is 7.98. The number of aromatic nitrogens is 2. The highest BCUT2D eigenvalue weighted by Gasteiger charge is 2.16. The van der Waals surface area contributed by atoms with Gasteiger partial charge in [0.05, 0.1) is 0 Å². The molecule has 4 nitrogen and oxygen atoms in total. The largest absolute Gasteiger partial charge is 0.383 e. The van der Waals surface area contributed by atoms with E-state index in [-0.39, 0.29) is 0 Å². The third-order valence-electron chi connectivity index (χ3n) is 3.52. The van der Waals surface area contributed by atoms with Gasteiger partial charge in [0.25, 0.3) is 0 Å². The molecule has 1 saturated carbocycles. The van der Waals surface area contributed by atoms with Crippen LogP contribution in [-0.4, -0.2) is 22.3 Å². The number of nitrogens with one attached hydrogen (secondary N) is 1. The van der Waals surface area contributed by atoms with E-state index in [1.807, 2.05) is 12.3 Å². The van der Waals surface area contributed by atoms with Gasteiger partial charge in [-0.15, -0.1) is 0 Å². The molecular weight excluding hydrogens is 244 g/mol. The van der Waals surface area contributed by atoms with Gasteiger partial charge in [0, 0.05) is 12.1 Å². The van der Waals surface area contributed by atoms with Crippen LogP contribution in [0, 0.1) is 5.92 Å². The van der Waals surface area contributed by atoms with Crippen LogP contribution in [0.5, 0.6) is 0 Å². The quantitative estimate of drug-likeness (QED) is 0.500. The summed E-state index contributed by atoms with van der Waals surface area (Å²) in [5.74, 6) is 2.26. The first-order valence-electron chi connectivity index (χ1n) is 6.62. The fourth-order valence-electron chi connectivity index (χ4n) is 2.45. The monoisotopic (exact) mass is 266 g/mol. The summed E-state index contributed by atoms with van der Waals surface area (Å²) >= 11 is 1.52. The van der Waals surface area contributed by atoms with Crippen molar-refractivity contribution >= 4 is 23.4 Å². The zero-order valence-electron chi connectivity index (χ0n) is 11.1. The molecule has 0 radical (unpaired) electrons. The molecule has 0 aliphatic heterocycles. The number of nitrogens with two attached hydrogens (primary N) is 1. The molecule has 0 spiro atoms. The van der Waals surface area contributed by atoms with Gasteiger partial charge in [-0.3, -0.25) is 0 Å². The van der Waals surface area contributed by atoms with E-state index in [1.54, 1.807) is 0 Å². The SMILES string of the molecule is CSc1nc(N)cc(NC2CCCC(C)CC2)n1. The van der Waals surface area contributed by atoms with Crippen molar-refractivity contribution in [3.8, 4) is 0 Å². The second-order valence-corrected chi connectivity index (χ2v) is 5.89. The molecule has 1 aliphatic carbocycles. The molecule has 1 aromatic heterocycles.